The van der Waals surface area contributed by atoms with Crippen molar-refractivity contribution in [2.75, 3.05) is 26.4 Å². The molecule has 15 heavy (non-hydrogen) atoms. The molecule has 0 aliphatic heterocycles. The molecule has 1 aromatic carbocycles. The van der Waals surface area contributed by atoms with E-state index in [0.717, 1.165) is 14.5 Å². The first-order valence-corrected chi connectivity index (χ1v) is 6.07. The highest BCUT2D eigenvalue weighted by atomic mass is 79.9. The van der Waals surface area contributed by atoms with Gasteiger partial charge in [0.05, 0.1) is 6.10 Å². The van der Waals surface area contributed by atoms with Crippen LogP contribution >= 0.6 is 31.9 Å². The molecule has 0 heterocycles. The van der Waals surface area contributed by atoms with Gasteiger partial charge in [0.25, 0.3) is 0 Å². The third kappa shape index (κ3) is 3.45. The van der Waals surface area contributed by atoms with E-state index in [2.05, 4.69) is 31.9 Å². The fraction of sp³-hybridized carbons (Fsp3) is 0.400. The molecule has 3 nitrogen and oxygen atoms in total. The zero-order valence-corrected chi connectivity index (χ0v) is 11.8. The lowest BCUT2D eigenvalue weighted by Gasteiger charge is -2.18. The van der Waals surface area contributed by atoms with E-state index in [9.17, 15) is 5.11 Å². The lowest BCUT2D eigenvalue weighted by molar-refractivity contribution is 0.138. The first kappa shape index (κ1) is 13.0. The maximum absolute atomic E-state index is 9.94. The average Bonchev–Trinajstić information content (AvgIpc) is 2.09. The zero-order valence-electron chi connectivity index (χ0n) is 8.67. The summed E-state index contributed by atoms with van der Waals surface area (Å²) < 4.78 is 1.69. The first-order chi connectivity index (χ1) is 6.91. The predicted octanol–water partition coefficient (Wildman–Crippen LogP) is 2.39. The van der Waals surface area contributed by atoms with E-state index in [1.807, 2.05) is 25.1 Å². The molecule has 5 heteroatoms. The minimum atomic E-state index is -0.537. The van der Waals surface area contributed by atoms with Crippen LogP contribution in [0.4, 0.5) is 5.69 Å². The molecule has 1 atom stereocenters. The normalized spacial score (nSPS) is 13.2. The second kappa shape index (κ2) is 5.30. The number of benzene rings is 1. The van der Waals surface area contributed by atoms with Crippen molar-refractivity contribution in [1.82, 2.24) is 4.90 Å². The van der Waals surface area contributed by atoms with Gasteiger partial charge < -0.3 is 15.7 Å². The Bertz CT molecular complexity index is 356. The third-order valence-electron chi connectivity index (χ3n) is 2.01. The number of halogens is 2. The van der Waals surface area contributed by atoms with Gasteiger partial charge in [-0.05, 0) is 47.7 Å². The van der Waals surface area contributed by atoms with Crippen LogP contribution in [0.5, 0.6) is 0 Å². The van der Waals surface area contributed by atoms with Gasteiger partial charge in [-0.2, -0.15) is 0 Å². The summed E-state index contributed by atoms with van der Waals surface area (Å²) in [5.41, 5.74) is 7.21. The number of nitrogens with two attached hydrogens (primary N) is 1. The van der Waals surface area contributed by atoms with E-state index in [1.54, 1.807) is 6.07 Å². The van der Waals surface area contributed by atoms with Crippen molar-refractivity contribution in [3.8, 4) is 0 Å². The van der Waals surface area contributed by atoms with Crippen molar-refractivity contribution in [2.45, 2.75) is 6.10 Å². The van der Waals surface area contributed by atoms with Crippen LogP contribution in [0.1, 0.15) is 11.7 Å². The summed E-state index contributed by atoms with van der Waals surface area (Å²) in [6.45, 7) is 0.569. The van der Waals surface area contributed by atoms with Gasteiger partial charge in [0.2, 0.25) is 0 Å². The smallest absolute Gasteiger partial charge is 0.0928 e. The monoisotopic (exact) mass is 336 g/mol. The molecule has 0 saturated carbocycles. The van der Waals surface area contributed by atoms with Gasteiger partial charge in [0.15, 0.2) is 0 Å². The van der Waals surface area contributed by atoms with Gasteiger partial charge in [-0.25, -0.2) is 0 Å². The first-order valence-electron chi connectivity index (χ1n) is 4.49. The summed E-state index contributed by atoms with van der Waals surface area (Å²) in [4.78, 5) is 1.93. The van der Waals surface area contributed by atoms with Crippen molar-refractivity contribution in [1.29, 1.82) is 0 Å². The van der Waals surface area contributed by atoms with Gasteiger partial charge in [-0.3, -0.25) is 0 Å². The van der Waals surface area contributed by atoms with Crippen LogP contribution in [-0.4, -0.2) is 30.6 Å². The number of hydrogen-bond acceptors (Lipinski definition) is 3. The topological polar surface area (TPSA) is 49.5 Å². The zero-order chi connectivity index (χ0) is 11.6. The minimum Gasteiger partial charge on any atom is -0.398 e. The van der Waals surface area contributed by atoms with E-state index in [0.29, 0.717) is 12.2 Å². The quantitative estimate of drug-likeness (QED) is 0.833. The molecule has 0 aliphatic carbocycles. The van der Waals surface area contributed by atoms with E-state index in [1.165, 1.54) is 0 Å². The second-order valence-corrected chi connectivity index (χ2v) is 5.38. The molecule has 0 fully saturated rings. The summed E-state index contributed by atoms with van der Waals surface area (Å²) in [6.07, 6.45) is -0.537. The molecule has 0 spiro atoms. The number of aliphatic hydroxyl groups is 1. The second-order valence-electron chi connectivity index (χ2n) is 3.67. The predicted molar refractivity (Wildman–Crippen MR) is 69.8 cm³/mol. The standard InChI is InChI=1S/C10H14Br2N2O/c1-14(2)5-10(15)6-3-9(13)8(12)4-7(6)11/h3-4,10,15H,5,13H2,1-2H3. The van der Waals surface area contributed by atoms with Crippen molar-refractivity contribution in [3.63, 3.8) is 0 Å². The third-order valence-corrected chi connectivity index (χ3v) is 3.39. The number of nitrogen functional groups attached to an aromatic ring is 1. The Labute approximate surface area is 107 Å². The van der Waals surface area contributed by atoms with Crippen LogP contribution in [-0.2, 0) is 0 Å². The molecule has 0 radical (unpaired) electrons. The Kier molecular flexibility index (Phi) is 4.58. The van der Waals surface area contributed by atoms with Gasteiger partial charge in [0.1, 0.15) is 0 Å². The Hall–Kier alpha value is -0.100. The van der Waals surface area contributed by atoms with Crippen LogP contribution in [0.15, 0.2) is 21.1 Å². The molecule has 3 N–H and O–H groups in total. The number of nitrogens with zero attached hydrogens (tertiary/aromatic N) is 1. The summed E-state index contributed by atoms with van der Waals surface area (Å²) in [7, 11) is 3.83. The van der Waals surface area contributed by atoms with E-state index in [-0.39, 0.29) is 0 Å². The summed E-state index contributed by atoms with van der Waals surface area (Å²) >= 11 is 6.74. The van der Waals surface area contributed by atoms with Gasteiger partial charge in [0, 0.05) is 21.2 Å². The largest absolute Gasteiger partial charge is 0.398 e. The molecule has 1 aromatic rings. The molecule has 0 bridgehead atoms. The van der Waals surface area contributed by atoms with E-state index < -0.39 is 6.10 Å². The summed E-state index contributed by atoms with van der Waals surface area (Å²) in [6, 6.07) is 3.63. The van der Waals surface area contributed by atoms with Crippen molar-refractivity contribution in [2.24, 2.45) is 0 Å². The van der Waals surface area contributed by atoms with Crippen molar-refractivity contribution < 1.29 is 5.11 Å². The Morgan fingerprint density at radius 1 is 1.33 bits per heavy atom. The van der Waals surface area contributed by atoms with Crippen LogP contribution in [0.2, 0.25) is 0 Å². The lowest BCUT2D eigenvalue weighted by atomic mass is 10.1. The van der Waals surface area contributed by atoms with Crippen molar-refractivity contribution >= 4 is 37.5 Å². The minimum absolute atomic E-state index is 0.537. The lowest BCUT2D eigenvalue weighted by Crippen LogP contribution is -2.20. The van der Waals surface area contributed by atoms with Crippen LogP contribution in [0, 0.1) is 0 Å². The molecule has 0 saturated heterocycles. The number of aliphatic hydroxyl groups excluding tert-OH is 1. The highest BCUT2D eigenvalue weighted by Gasteiger charge is 2.14. The molecule has 0 aliphatic rings. The Morgan fingerprint density at radius 3 is 2.47 bits per heavy atom. The maximum atomic E-state index is 9.94. The molecular formula is C10H14Br2N2O. The molecule has 84 valence electrons. The maximum Gasteiger partial charge on any atom is 0.0928 e. The summed E-state index contributed by atoms with van der Waals surface area (Å²) in [5, 5.41) is 9.94. The van der Waals surface area contributed by atoms with Crippen molar-refractivity contribution in [3.05, 3.63) is 26.6 Å². The molecule has 1 unspecified atom stereocenters. The molecule has 0 aromatic heterocycles. The Morgan fingerprint density at radius 2 is 1.93 bits per heavy atom. The highest BCUT2D eigenvalue weighted by Crippen LogP contribution is 2.31. The highest BCUT2D eigenvalue weighted by molar-refractivity contribution is 9.11. The Balaban J connectivity index is 2.98. The average molecular weight is 338 g/mol. The number of likely N-dealkylation sites (N-methyl/N-ethyl adjacent to an activating group) is 1. The van der Waals surface area contributed by atoms with E-state index in [4.69, 9.17) is 5.73 Å². The SMILES string of the molecule is CN(C)CC(O)c1cc(N)c(Br)cc1Br. The van der Waals surface area contributed by atoms with E-state index >= 15 is 0 Å². The molecule has 1 rings (SSSR count). The summed E-state index contributed by atoms with van der Waals surface area (Å²) in [5.74, 6) is 0. The molecular weight excluding hydrogens is 324 g/mol. The van der Waals surface area contributed by atoms with Crippen LogP contribution < -0.4 is 5.73 Å². The fourth-order valence-electron chi connectivity index (χ4n) is 1.28. The van der Waals surface area contributed by atoms with Crippen LogP contribution in [0.3, 0.4) is 0 Å². The fourth-order valence-corrected chi connectivity index (χ4v) is 2.54. The number of rotatable bonds is 3. The number of anilines is 1. The van der Waals surface area contributed by atoms with Gasteiger partial charge >= 0.3 is 0 Å². The number of hydrogen-bond donors (Lipinski definition) is 2. The molecule has 0 amide bonds. The van der Waals surface area contributed by atoms with Gasteiger partial charge in [-0.1, -0.05) is 15.9 Å². The van der Waals surface area contributed by atoms with Crippen LogP contribution in [0.25, 0.3) is 0 Å². The van der Waals surface area contributed by atoms with Gasteiger partial charge in [-0.15, -0.1) is 0 Å².